The average molecular weight is 350 g/mol. The van der Waals surface area contributed by atoms with Gasteiger partial charge in [-0.3, -0.25) is 9.59 Å². The molecule has 0 aliphatic heterocycles. The zero-order chi connectivity index (χ0) is 18.5. The summed E-state index contributed by atoms with van der Waals surface area (Å²) >= 11 is 1.30. The van der Waals surface area contributed by atoms with E-state index in [4.69, 9.17) is 11.2 Å². The van der Waals surface area contributed by atoms with Crippen LogP contribution in [0.15, 0.2) is 0 Å². The molecule has 0 atom stereocenters. The second-order valence-electron chi connectivity index (χ2n) is 6.25. The summed E-state index contributed by atoms with van der Waals surface area (Å²) in [5, 5.41) is 5.60. The fourth-order valence-corrected chi connectivity index (χ4v) is 2.70. The third-order valence-corrected chi connectivity index (χ3v) is 4.34. The van der Waals surface area contributed by atoms with Crippen molar-refractivity contribution in [3.63, 3.8) is 0 Å². The van der Waals surface area contributed by atoms with Gasteiger partial charge in [0, 0.05) is 10.3 Å². The summed E-state index contributed by atoms with van der Waals surface area (Å²) in [6, 6.07) is 0. The van der Waals surface area contributed by atoms with Gasteiger partial charge in [-0.05, 0) is 19.4 Å². The number of nitrogens with one attached hydrogen (secondary N) is 2. The van der Waals surface area contributed by atoms with Crippen molar-refractivity contribution in [2.75, 3.05) is 18.5 Å². The first-order valence-electron chi connectivity index (χ1n) is 7.36. The second kappa shape index (κ2) is 7.97. The summed E-state index contributed by atoms with van der Waals surface area (Å²) in [6.07, 6.45) is 5.04. The van der Waals surface area contributed by atoms with Crippen molar-refractivity contribution in [3.05, 3.63) is 16.0 Å². The topological polar surface area (TPSA) is 84.5 Å². The Morgan fingerprint density at radius 1 is 1.25 bits per heavy atom. The average Bonchev–Trinajstić information content (AvgIpc) is 2.76. The van der Waals surface area contributed by atoms with E-state index in [0.29, 0.717) is 5.00 Å². The molecule has 1 rings (SSSR count). The van der Waals surface area contributed by atoms with E-state index >= 15 is 0 Å². The number of aryl methyl sites for hydroxylation is 1. The zero-order valence-corrected chi connectivity index (χ0v) is 15.3. The van der Waals surface area contributed by atoms with Crippen LogP contribution in [0, 0.1) is 31.6 Å². The molecule has 1 heterocycles. The summed E-state index contributed by atoms with van der Waals surface area (Å²) in [4.78, 5) is 36.9. The molecule has 0 unspecified atom stereocenters. The molecule has 0 bridgehead atoms. The Balaban J connectivity index is 2.90. The van der Waals surface area contributed by atoms with E-state index in [0.717, 1.165) is 10.4 Å². The molecule has 2 N–H and O–H groups in total. The predicted molar refractivity (Wildman–Crippen MR) is 94.0 cm³/mol. The summed E-state index contributed by atoms with van der Waals surface area (Å²) in [6.45, 7) is 8.61. The van der Waals surface area contributed by atoms with Gasteiger partial charge in [-0.2, -0.15) is 0 Å². The minimum atomic E-state index is -0.656. The van der Waals surface area contributed by atoms with Crippen molar-refractivity contribution >= 4 is 34.1 Å². The minimum absolute atomic E-state index is 0.0693. The Kier molecular flexibility index (Phi) is 6.55. The highest BCUT2D eigenvalue weighted by atomic mass is 32.1. The Bertz CT molecular complexity index is 693. The number of ether oxygens (including phenoxy) is 1. The Hall–Kier alpha value is -2.33. The fraction of sp³-hybridized carbons (Fsp3) is 0.471. The third kappa shape index (κ3) is 5.10. The molecule has 1 aromatic heterocycles. The molecule has 24 heavy (non-hydrogen) atoms. The maximum atomic E-state index is 12.3. The van der Waals surface area contributed by atoms with Crippen LogP contribution in [0.3, 0.4) is 0 Å². The predicted octanol–water partition coefficient (Wildman–Crippen LogP) is 2.26. The van der Waals surface area contributed by atoms with Crippen molar-refractivity contribution < 1.29 is 19.1 Å². The largest absolute Gasteiger partial charge is 0.452 e. The van der Waals surface area contributed by atoms with Crippen LogP contribution in [-0.2, 0) is 14.3 Å². The first kappa shape index (κ1) is 19.7. The van der Waals surface area contributed by atoms with Crippen LogP contribution < -0.4 is 10.6 Å². The van der Waals surface area contributed by atoms with Gasteiger partial charge in [0.2, 0.25) is 5.91 Å². The number of hydrogen-bond donors (Lipinski definition) is 2. The Morgan fingerprint density at radius 3 is 2.42 bits per heavy atom. The van der Waals surface area contributed by atoms with Crippen LogP contribution in [0.25, 0.3) is 0 Å². The van der Waals surface area contributed by atoms with Crippen LogP contribution in [0.1, 0.15) is 41.6 Å². The lowest BCUT2D eigenvalue weighted by atomic mass is 9.96. The number of amides is 2. The highest BCUT2D eigenvalue weighted by Crippen LogP contribution is 2.34. The lowest BCUT2D eigenvalue weighted by Gasteiger charge is -2.17. The monoisotopic (exact) mass is 350 g/mol. The van der Waals surface area contributed by atoms with Gasteiger partial charge >= 0.3 is 5.97 Å². The van der Waals surface area contributed by atoms with E-state index in [1.165, 1.54) is 11.3 Å². The SMILES string of the molecule is C#CCNC(=O)COC(=O)c1c(NC(=O)C(C)(C)C)sc(C)c1C. The molecular formula is C17H22N2O4S. The second-order valence-corrected chi connectivity index (χ2v) is 7.47. The van der Waals surface area contributed by atoms with Gasteiger partial charge in [0.15, 0.2) is 6.61 Å². The van der Waals surface area contributed by atoms with Gasteiger partial charge in [-0.25, -0.2) is 4.79 Å². The van der Waals surface area contributed by atoms with Crippen molar-refractivity contribution in [3.8, 4) is 12.3 Å². The Labute approximate surface area is 146 Å². The molecule has 0 radical (unpaired) electrons. The first-order chi connectivity index (χ1) is 11.1. The number of hydrogen-bond acceptors (Lipinski definition) is 5. The normalized spacial score (nSPS) is 10.7. The van der Waals surface area contributed by atoms with E-state index in [2.05, 4.69) is 16.6 Å². The van der Waals surface area contributed by atoms with Gasteiger partial charge in [-0.15, -0.1) is 17.8 Å². The maximum absolute atomic E-state index is 12.3. The first-order valence-corrected chi connectivity index (χ1v) is 8.18. The van der Waals surface area contributed by atoms with Gasteiger partial charge in [-0.1, -0.05) is 26.7 Å². The number of thiophene rings is 1. The van der Waals surface area contributed by atoms with Crippen LogP contribution in [0.5, 0.6) is 0 Å². The smallest absolute Gasteiger partial charge is 0.341 e. The molecule has 130 valence electrons. The minimum Gasteiger partial charge on any atom is -0.452 e. The highest BCUT2D eigenvalue weighted by molar-refractivity contribution is 7.16. The number of carbonyl (C=O) groups is 3. The molecule has 0 aliphatic rings. The van der Waals surface area contributed by atoms with Crippen LogP contribution in [0.4, 0.5) is 5.00 Å². The number of carbonyl (C=O) groups excluding carboxylic acids is 3. The number of terminal acetylenes is 1. The van der Waals surface area contributed by atoms with Gasteiger partial charge < -0.3 is 15.4 Å². The molecule has 6 nitrogen and oxygen atoms in total. The van der Waals surface area contributed by atoms with Crippen molar-refractivity contribution in [1.82, 2.24) is 5.32 Å². The highest BCUT2D eigenvalue weighted by Gasteiger charge is 2.27. The van der Waals surface area contributed by atoms with Gasteiger partial charge in [0.05, 0.1) is 12.1 Å². The van der Waals surface area contributed by atoms with Crippen LogP contribution >= 0.6 is 11.3 Å². The van der Waals surface area contributed by atoms with Crippen molar-refractivity contribution in [1.29, 1.82) is 0 Å². The number of rotatable bonds is 5. The molecule has 0 spiro atoms. The molecule has 7 heteroatoms. The quantitative estimate of drug-likeness (QED) is 0.630. The third-order valence-electron chi connectivity index (χ3n) is 3.22. The van der Waals surface area contributed by atoms with Crippen molar-refractivity contribution in [2.45, 2.75) is 34.6 Å². The standard InChI is InChI=1S/C17H22N2O4S/c1-7-8-18-12(20)9-23-15(21)13-10(2)11(3)24-14(13)19-16(22)17(4,5)6/h1H,8-9H2,2-6H3,(H,18,20)(H,19,22). The number of esters is 1. The van der Waals surface area contributed by atoms with Crippen LogP contribution in [-0.4, -0.2) is 30.9 Å². The van der Waals surface area contributed by atoms with E-state index in [1.54, 1.807) is 27.7 Å². The van der Waals surface area contributed by atoms with E-state index in [9.17, 15) is 14.4 Å². The molecule has 0 fully saturated rings. The van der Waals surface area contributed by atoms with E-state index < -0.39 is 23.9 Å². The number of anilines is 1. The van der Waals surface area contributed by atoms with Gasteiger partial charge in [0.1, 0.15) is 5.00 Å². The summed E-state index contributed by atoms with van der Waals surface area (Å²) in [5.74, 6) is 0.917. The fourth-order valence-electron chi connectivity index (χ4n) is 1.66. The molecule has 0 saturated heterocycles. The van der Waals surface area contributed by atoms with Gasteiger partial charge in [0.25, 0.3) is 5.91 Å². The summed E-state index contributed by atoms with van der Waals surface area (Å²) < 4.78 is 5.02. The molecule has 0 aliphatic carbocycles. The lowest BCUT2D eigenvalue weighted by molar-refractivity contribution is -0.124. The van der Waals surface area contributed by atoms with E-state index in [1.807, 2.05) is 6.92 Å². The zero-order valence-electron chi connectivity index (χ0n) is 14.5. The van der Waals surface area contributed by atoms with Crippen molar-refractivity contribution in [2.24, 2.45) is 5.41 Å². The summed E-state index contributed by atoms with van der Waals surface area (Å²) in [7, 11) is 0. The molecule has 2 amide bonds. The maximum Gasteiger partial charge on any atom is 0.341 e. The molecular weight excluding hydrogens is 328 g/mol. The molecule has 1 aromatic rings. The van der Waals surface area contributed by atoms with E-state index in [-0.39, 0.29) is 18.0 Å². The Morgan fingerprint density at radius 2 is 1.88 bits per heavy atom. The molecule has 0 saturated carbocycles. The molecule has 0 aromatic carbocycles. The lowest BCUT2D eigenvalue weighted by Crippen LogP contribution is -2.30. The summed E-state index contributed by atoms with van der Waals surface area (Å²) in [5.41, 5.74) is 0.403. The van der Waals surface area contributed by atoms with Crippen LogP contribution in [0.2, 0.25) is 0 Å².